The largest absolute Gasteiger partial charge is 0.376 e. The molecule has 0 spiro atoms. The van der Waals surface area contributed by atoms with E-state index in [2.05, 4.69) is 20.3 Å². The summed E-state index contributed by atoms with van der Waals surface area (Å²) < 4.78 is 13.1. The first kappa shape index (κ1) is 31.8. The summed E-state index contributed by atoms with van der Waals surface area (Å²) in [7, 11) is 2.93. The number of aromatic nitrogens is 4. The van der Waals surface area contributed by atoms with Crippen LogP contribution in [0.25, 0.3) is 21.8 Å². The van der Waals surface area contributed by atoms with E-state index in [9.17, 15) is 9.59 Å². The molecular formula is C26H27Cl5N6O4. The maximum Gasteiger partial charge on any atom is 0.248 e. The summed E-state index contributed by atoms with van der Waals surface area (Å²) in [6.07, 6.45) is 0. The molecule has 0 fully saturated rings. The molecule has 41 heavy (non-hydrogen) atoms. The van der Waals surface area contributed by atoms with Gasteiger partial charge in [0, 0.05) is 44.6 Å². The van der Waals surface area contributed by atoms with Crippen molar-refractivity contribution < 1.29 is 19.1 Å². The van der Waals surface area contributed by atoms with Crippen LogP contribution in [0.3, 0.4) is 0 Å². The van der Waals surface area contributed by atoms with Crippen LogP contribution in [0.4, 0.5) is 0 Å². The zero-order chi connectivity index (χ0) is 29.7. The zero-order valence-electron chi connectivity index (χ0n) is 22.2. The van der Waals surface area contributed by atoms with Crippen molar-refractivity contribution in [3.8, 4) is 0 Å². The van der Waals surface area contributed by atoms with E-state index in [1.807, 2.05) is 27.6 Å². The molecule has 0 saturated carbocycles. The third-order valence-electron chi connectivity index (χ3n) is 6.42. The SMILES string of the molecule is COCC(=O)Cl.COCC(=O)N1CCn2nc3c(Cl)c(Cl)ccc3c2C1.Clc1ccc2c3n(nc2c1Cl)CCNC3. The molecule has 2 aromatic heterocycles. The minimum Gasteiger partial charge on any atom is -0.376 e. The third-order valence-corrected chi connectivity index (χ3v) is 8.12. The van der Waals surface area contributed by atoms with Gasteiger partial charge in [0.2, 0.25) is 11.1 Å². The van der Waals surface area contributed by atoms with Gasteiger partial charge in [-0.25, -0.2) is 0 Å². The number of carbonyl (C=O) groups is 2. The van der Waals surface area contributed by atoms with E-state index in [0.717, 1.165) is 41.6 Å². The van der Waals surface area contributed by atoms with Gasteiger partial charge < -0.3 is 19.7 Å². The molecule has 0 unspecified atom stereocenters. The molecule has 2 aromatic carbocycles. The first-order valence-corrected chi connectivity index (χ1v) is 14.4. The second kappa shape index (κ2) is 14.3. The van der Waals surface area contributed by atoms with Crippen LogP contribution in [-0.4, -0.2) is 76.1 Å². The van der Waals surface area contributed by atoms with Crippen LogP contribution in [-0.2, 0) is 45.2 Å². The van der Waals surface area contributed by atoms with Crippen molar-refractivity contribution in [2.75, 3.05) is 40.5 Å². The van der Waals surface area contributed by atoms with Crippen LogP contribution < -0.4 is 5.32 Å². The Kier molecular flexibility index (Phi) is 11.1. The summed E-state index contributed by atoms with van der Waals surface area (Å²) in [5.41, 5.74) is 3.67. The molecule has 0 bridgehead atoms. The Morgan fingerprint density at radius 1 is 0.829 bits per heavy atom. The molecule has 4 aromatic rings. The average molecular weight is 665 g/mol. The Morgan fingerprint density at radius 3 is 1.93 bits per heavy atom. The molecule has 0 aliphatic carbocycles. The number of hydrogen-bond donors (Lipinski definition) is 1. The summed E-state index contributed by atoms with van der Waals surface area (Å²) in [6, 6.07) is 7.45. The fourth-order valence-corrected chi connectivity index (χ4v) is 5.33. The summed E-state index contributed by atoms with van der Waals surface area (Å²) >= 11 is 29.1. The molecule has 0 atom stereocenters. The maximum atomic E-state index is 11.9. The summed E-state index contributed by atoms with van der Waals surface area (Å²) in [6.45, 7) is 4.55. The van der Waals surface area contributed by atoms with Crippen molar-refractivity contribution in [3.05, 3.63) is 55.7 Å². The highest BCUT2D eigenvalue weighted by atomic mass is 35.5. The van der Waals surface area contributed by atoms with Crippen LogP contribution >= 0.6 is 58.0 Å². The van der Waals surface area contributed by atoms with E-state index in [1.165, 1.54) is 19.9 Å². The fraction of sp³-hybridized carbons (Fsp3) is 0.385. The van der Waals surface area contributed by atoms with Crippen LogP contribution in [0.5, 0.6) is 0 Å². The van der Waals surface area contributed by atoms with Gasteiger partial charge >= 0.3 is 0 Å². The number of methoxy groups -OCH3 is 2. The molecule has 4 heterocycles. The second-order valence-electron chi connectivity index (χ2n) is 9.07. The lowest BCUT2D eigenvalue weighted by Crippen LogP contribution is -2.40. The van der Waals surface area contributed by atoms with Crippen molar-refractivity contribution >= 4 is 91.0 Å². The number of ether oxygens (including phenoxy) is 2. The van der Waals surface area contributed by atoms with Gasteiger partial charge in [-0.15, -0.1) is 0 Å². The number of nitrogens with zero attached hydrogens (tertiary/aromatic N) is 5. The highest BCUT2D eigenvalue weighted by Crippen LogP contribution is 2.34. The lowest BCUT2D eigenvalue weighted by atomic mass is 10.2. The van der Waals surface area contributed by atoms with E-state index < -0.39 is 5.24 Å². The Morgan fingerprint density at radius 2 is 1.39 bits per heavy atom. The molecule has 1 amide bonds. The Bertz CT molecular complexity index is 1570. The quantitative estimate of drug-likeness (QED) is 0.300. The van der Waals surface area contributed by atoms with Gasteiger partial charge in [-0.3, -0.25) is 19.0 Å². The second-order valence-corrected chi connectivity index (χ2v) is 11.1. The van der Waals surface area contributed by atoms with Crippen molar-refractivity contribution in [1.82, 2.24) is 29.8 Å². The van der Waals surface area contributed by atoms with Crippen molar-refractivity contribution in [2.45, 2.75) is 26.2 Å². The number of hydrogen-bond acceptors (Lipinski definition) is 7. The van der Waals surface area contributed by atoms with Crippen molar-refractivity contribution in [3.63, 3.8) is 0 Å². The van der Waals surface area contributed by atoms with Gasteiger partial charge in [-0.05, 0) is 35.9 Å². The predicted octanol–water partition coefficient (Wildman–Crippen LogP) is 5.18. The number of amides is 1. The molecule has 15 heteroatoms. The summed E-state index contributed by atoms with van der Waals surface area (Å²) in [4.78, 5) is 23.4. The van der Waals surface area contributed by atoms with E-state index in [1.54, 1.807) is 11.0 Å². The zero-order valence-corrected chi connectivity index (χ0v) is 26.0. The highest BCUT2D eigenvalue weighted by Gasteiger charge is 2.25. The molecular weight excluding hydrogens is 638 g/mol. The lowest BCUT2D eigenvalue weighted by Gasteiger charge is -2.27. The van der Waals surface area contributed by atoms with E-state index in [-0.39, 0.29) is 19.1 Å². The number of rotatable bonds is 4. The first-order valence-electron chi connectivity index (χ1n) is 12.5. The summed E-state index contributed by atoms with van der Waals surface area (Å²) in [5, 5.41) is 15.9. The number of fused-ring (bicyclic) bond motifs is 6. The van der Waals surface area contributed by atoms with Crippen molar-refractivity contribution in [2.24, 2.45) is 0 Å². The van der Waals surface area contributed by atoms with Crippen LogP contribution in [0.15, 0.2) is 24.3 Å². The van der Waals surface area contributed by atoms with Gasteiger partial charge in [0.25, 0.3) is 0 Å². The van der Waals surface area contributed by atoms with Gasteiger partial charge in [0.15, 0.2) is 0 Å². The molecule has 2 aliphatic rings. The van der Waals surface area contributed by atoms with Gasteiger partial charge in [0.05, 0.1) is 51.1 Å². The van der Waals surface area contributed by atoms with E-state index >= 15 is 0 Å². The minimum atomic E-state index is -0.461. The third kappa shape index (κ3) is 7.26. The Labute approximate surface area is 261 Å². The monoisotopic (exact) mass is 662 g/mol. The summed E-state index contributed by atoms with van der Waals surface area (Å²) in [5.74, 6) is -0.0202. The normalized spacial score (nSPS) is 14.1. The number of nitrogens with one attached hydrogen (secondary N) is 1. The fourth-order valence-electron chi connectivity index (χ4n) is 4.51. The molecule has 2 aliphatic heterocycles. The van der Waals surface area contributed by atoms with Crippen molar-refractivity contribution in [1.29, 1.82) is 0 Å². The lowest BCUT2D eigenvalue weighted by molar-refractivity contribution is -0.136. The smallest absolute Gasteiger partial charge is 0.248 e. The molecule has 10 nitrogen and oxygen atoms in total. The number of carbonyl (C=O) groups excluding carboxylic acids is 2. The molecule has 0 radical (unpaired) electrons. The molecule has 0 saturated heterocycles. The van der Waals surface area contributed by atoms with Gasteiger partial charge in [-0.1, -0.05) is 46.4 Å². The topological polar surface area (TPSA) is 104 Å². The average Bonchev–Trinajstić information content (AvgIpc) is 3.52. The number of halogens is 5. The predicted molar refractivity (Wildman–Crippen MR) is 161 cm³/mol. The minimum absolute atomic E-state index is 0.00154. The van der Waals surface area contributed by atoms with Crippen LogP contribution in [0.1, 0.15) is 11.4 Å². The van der Waals surface area contributed by atoms with Crippen LogP contribution in [0, 0.1) is 0 Å². The molecule has 1 N–H and O–H groups in total. The maximum absolute atomic E-state index is 11.9. The van der Waals surface area contributed by atoms with Gasteiger partial charge in [0.1, 0.15) is 24.2 Å². The highest BCUT2D eigenvalue weighted by molar-refractivity contribution is 6.63. The Hall–Kier alpha value is -2.15. The molecule has 6 rings (SSSR count). The first-order chi connectivity index (χ1) is 19.7. The van der Waals surface area contributed by atoms with Gasteiger partial charge in [-0.2, -0.15) is 10.2 Å². The van der Waals surface area contributed by atoms with E-state index in [4.69, 9.17) is 62.7 Å². The number of benzene rings is 2. The standard InChI is InChI=1S/C13H13Cl2N3O2.C10H9Cl2N3.C3H5ClO2/c1-20-7-11(19)17-4-5-18-10(6-17)8-2-3-9(14)12(15)13(8)16-18;11-7-2-1-6-8-5-13-3-4-15(8)14-10(6)9(7)12;1-6-2-3(4)5/h2-3H,4-7H2,1H3;1-2,13H,3-5H2;2H2,1H3. The van der Waals surface area contributed by atoms with Crippen LogP contribution in [0.2, 0.25) is 20.1 Å². The van der Waals surface area contributed by atoms with E-state index in [0.29, 0.717) is 45.2 Å². The molecule has 220 valence electrons. The Balaban J connectivity index is 0.000000162.